The molecule has 114 valence electrons. The Bertz CT molecular complexity index is 572. The van der Waals surface area contributed by atoms with Gasteiger partial charge in [0.2, 0.25) is 0 Å². The molecule has 3 unspecified atom stereocenters. The number of aromatic nitrogens is 1. The molecule has 21 heavy (non-hydrogen) atoms. The van der Waals surface area contributed by atoms with E-state index >= 15 is 0 Å². The highest BCUT2D eigenvalue weighted by molar-refractivity contribution is 5.99. The summed E-state index contributed by atoms with van der Waals surface area (Å²) in [5.74, 6) is 0.783. The van der Waals surface area contributed by atoms with Gasteiger partial charge in [0.25, 0.3) is 5.91 Å². The van der Waals surface area contributed by atoms with Crippen LogP contribution < -0.4 is 16.4 Å². The summed E-state index contributed by atoms with van der Waals surface area (Å²) < 4.78 is 0. The van der Waals surface area contributed by atoms with Crippen LogP contribution in [0.3, 0.4) is 0 Å². The monoisotopic (exact) mass is 288 g/mol. The lowest BCUT2D eigenvalue weighted by Crippen LogP contribution is -2.38. The minimum absolute atomic E-state index is 0.287. The highest BCUT2D eigenvalue weighted by atomic mass is 16.1. The zero-order chi connectivity index (χ0) is 15.1. The third-order valence-electron chi connectivity index (χ3n) is 5.05. The van der Waals surface area contributed by atoms with Crippen molar-refractivity contribution in [2.45, 2.75) is 39.2 Å². The maximum absolute atomic E-state index is 11.8. The molecule has 5 heteroatoms. The molecule has 1 aromatic rings. The number of carbonyl (C=O) groups is 1. The van der Waals surface area contributed by atoms with Crippen LogP contribution in [0.4, 0.5) is 5.69 Å². The highest BCUT2D eigenvalue weighted by Crippen LogP contribution is 2.38. The van der Waals surface area contributed by atoms with E-state index in [0.29, 0.717) is 17.4 Å². The third kappa shape index (κ3) is 2.50. The van der Waals surface area contributed by atoms with E-state index in [4.69, 9.17) is 11.5 Å². The van der Waals surface area contributed by atoms with Crippen LogP contribution in [0.1, 0.15) is 41.0 Å². The summed E-state index contributed by atoms with van der Waals surface area (Å²) in [5.41, 5.74) is 15.0. The van der Waals surface area contributed by atoms with Crippen LogP contribution in [0.2, 0.25) is 0 Å². The average molecular weight is 288 g/mol. The van der Waals surface area contributed by atoms with Crippen LogP contribution >= 0.6 is 0 Å². The first-order chi connectivity index (χ1) is 9.97. The molecule has 4 N–H and O–H groups in total. The standard InChI is InChI=1S/C16H24N4O/c1-9-6-14(15(16(18)21)10(2)19-9)20-7-11-4-3-5-13(17)12(11)8-20/h6,11-13H,3-5,7-8,17H2,1-2H3,(H2,18,21). The number of nitrogens with two attached hydrogens (primary N) is 2. The van der Waals surface area contributed by atoms with Gasteiger partial charge in [-0.1, -0.05) is 6.42 Å². The molecule has 1 saturated heterocycles. The number of pyridine rings is 1. The number of anilines is 1. The van der Waals surface area contributed by atoms with Gasteiger partial charge >= 0.3 is 0 Å². The van der Waals surface area contributed by atoms with Crippen LogP contribution in [0, 0.1) is 25.7 Å². The summed E-state index contributed by atoms with van der Waals surface area (Å²) >= 11 is 0. The van der Waals surface area contributed by atoms with Gasteiger partial charge in [-0.05, 0) is 44.6 Å². The van der Waals surface area contributed by atoms with Crippen molar-refractivity contribution in [2.75, 3.05) is 18.0 Å². The number of nitrogens with zero attached hydrogens (tertiary/aromatic N) is 2. The molecule has 1 saturated carbocycles. The van der Waals surface area contributed by atoms with Gasteiger partial charge in [-0.15, -0.1) is 0 Å². The minimum atomic E-state index is -0.394. The summed E-state index contributed by atoms with van der Waals surface area (Å²) in [4.78, 5) is 18.5. The molecular formula is C16H24N4O. The van der Waals surface area contributed by atoms with Crippen LogP contribution in [0.5, 0.6) is 0 Å². The van der Waals surface area contributed by atoms with E-state index in [9.17, 15) is 4.79 Å². The van der Waals surface area contributed by atoms with E-state index in [1.165, 1.54) is 12.8 Å². The molecule has 1 aromatic heterocycles. The molecule has 1 aliphatic heterocycles. The second-order valence-corrected chi connectivity index (χ2v) is 6.53. The first-order valence-electron chi connectivity index (χ1n) is 7.76. The summed E-state index contributed by atoms with van der Waals surface area (Å²) in [6.45, 7) is 5.71. The zero-order valence-electron chi connectivity index (χ0n) is 12.8. The second-order valence-electron chi connectivity index (χ2n) is 6.53. The summed E-state index contributed by atoms with van der Waals surface area (Å²) in [5, 5.41) is 0. The summed E-state index contributed by atoms with van der Waals surface area (Å²) in [6.07, 6.45) is 3.57. The smallest absolute Gasteiger partial charge is 0.252 e. The molecule has 3 atom stereocenters. The Morgan fingerprint density at radius 1 is 1.33 bits per heavy atom. The Morgan fingerprint density at radius 3 is 2.76 bits per heavy atom. The topological polar surface area (TPSA) is 85.2 Å². The number of hydrogen-bond acceptors (Lipinski definition) is 4. The Balaban J connectivity index is 1.96. The second kappa shape index (κ2) is 5.30. The number of rotatable bonds is 2. The van der Waals surface area contributed by atoms with Crippen molar-refractivity contribution in [3.63, 3.8) is 0 Å². The number of aryl methyl sites for hydroxylation is 2. The number of amides is 1. The number of fused-ring (bicyclic) bond motifs is 1. The van der Waals surface area contributed by atoms with Crippen molar-refractivity contribution < 1.29 is 4.79 Å². The van der Waals surface area contributed by atoms with E-state index in [1.54, 1.807) is 0 Å². The normalized spacial score (nSPS) is 28.5. The van der Waals surface area contributed by atoms with E-state index in [-0.39, 0.29) is 6.04 Å². The Kier molecular flexibility index (Phi) is 3.61. The van der Waals surface area contributed by atoms with Gasteiger partial charge in [-0.25, -0.2) is 0 Å². The molecule has 5 nitrogen and oxygen atoms in total. The summed E-state index contributed by atoms with van der Waals surface area (Å²) in [6, 6.07) is 2.27. The van der Waals surface area contributed by atoms with Crippen molar-refractivity contribution in [1.29, 1.82) is 0 Å². The first-order valence-corrected chi connectivity index (χ1v) is 7.76. The molecule has 1 amide bonds. The Morgan fingerprint density at radius 2 is 2.10 bits per heavy atom. The molecule has 3 rings (SSSR count). The van der Waals surface area contributed by atoms with E-state index in [2.05, 4.69) is 9.88 Å². The predicted octanol–water partition coefficient (Wildman–Crippen LogP) is 1.36. The van der Waals surface area contributed by atoms with Gasteiger partial charge in [0, 0.05) is 24.8 Å². The quantitative estimate of drug-likeness (QED) is 0.860. The fourth-order valence-corrected chi connectivity index (χ4v) is 4.08. The molecule has 2 aliphatic rings. The molecular weight excluding hydrogens is 264 g/mol. The molecule has 0 bridgehead atoms. The Labute approximate surface area is 125 Å². The van der Waals surface area contributed by atoms with E-state index in [1.807, 2.05) is 19.9 Å². The number of hydrogen-bond donors (Lipinski definition) is 2. The number of carbonyl (C=O) groups excluding carboxylic acids is 1. The zero-order valence-corrected chi connectivity index (χ0v) is 12.8. The van der Waals surface area contributed by atoms with E-state index in [0.717, 1.165) is 36.6 Å². The molecule has 2 heterocycles. The fraction of sp³-hybridized carbons (Fsp3) is 0.625. The maximum Gasteiger partial charge on any atom is 0.252 e. The predicted molar refractivity (Wildman–Crippen MR) is 83.2 cm³/mol. The lowest BCUT2D eigenvalue weighted by Gasteiger charge is -2.29. The summed E-state index contributed by atoms with van der Waals surface area (Å²) in [7, 11) is 0. The van der Waals surface area contributed by atoms with Gasteiger partial charge in [0.15, 0.2) is 0 Å². The lowest BCUT2D eigenvalue weighted by molar-refractivity contribution is 0.1000. The minimum Gasteiger partial charge on any atom is -0.370 e. The molecule has 0 radical (unpaired) electrons. The molecule has 2 fully saturated rings. The van der Waals surface area contributed by atoms with Gasteiger partial charge in [-0.3, -0.25) is 9.78 Å². The van der Waals surface area contributed by atoms with Crippen molar-refractivity contribution in [3.05, 3.63) is 23.0 Å². The van der Waals surface area contributed by atoms with Crippen LogP contribution in [0.25, 0.3) is 0 Å². The third-order valence-corrected chi connectivity index (χ3v) is 5.05. The van der Waals surface area contributed by atoms with E-state index < -0.39 is 5.91 Å². The van der Waals surface area contributed by atoms with Crippen molar-refractivity contribution in [3.8, 4) is 0 Å². The van der Waals surface area contributed by atoms with Gasteiger partial charge in [0.05, 0.1) is 16.9 Å². The van der Waals surface area contributed by atoms with Crippen LogP contribution in [-0.4, -0.2) is 30.0 Å². The first kappa shape index (κ1) is 14.3. The maximum atomic E-state index is 11.8. The van der Waals surface area contributed by atoms with Gasteiger partial charge in [0.1, 0.15) is 0 Å². The van der Waals surface area contributed by atoms with Gasteiger partial charge in [-0.2, -0.15) is 0 Å². The SMILES string of the molecule is Cc1cc(N2CC3CCCC(N)C3C2)c(C(N)=O)c(C)n1. The van der Waals surface area contributed by atoms with Crippen LogP contribution in [-0.2, 0) is 0 Å². The lowest BCUT2D eigenvalue weighted by atomic mass is 9.78. The largest absolute Gasteiger partial charge is 0.370 e. The molecule has 1 aliphatic carbocycles. The molecule has 0 spiro atoms. The average Bonchev–Trinajstić information content (AvgIpc) is 2.82. The number of primary amides is 1. The fourth-order valence-electron chi connectivity index (χ4n) is 4.08. The van der Waals surface area contributed by atoms with Crippen LogP contribution in [0.15, 0.2) is 6.07 Å². The Hall–Kier alpha value is -1.62. The van der Waals surface area contributed by atoms with Crippen molar-refractivity contribution >= 4 is 11.6 Å². The van der Waals surface area contributed by atoms with Gasteiger partial charge < -0.3 is 16.4 Å². The molecule has 0 aromatic carbocycles. The highest BCUT2D eigenvalue weighted by Gasteiger charge is 2.39. The van der Waals surface area contributed by atoms with Crippen molar-refractivity contribution in [2.24, 2.45) is 23.3 Å². The van der Waals surface area contributed by atoms with Crippen molar-refractivity contribution in [1.82, 2.24) is 4.98 Å².